The highest BCUT2D eigenvalue weighted by Crippen LogP contribution is 2.21. The van der Waals surface area contributed by atoms with Crippen LogP contribution in [0.25, 0.3) is 0 Å². The fourth-order valence-corrected chi connectivity index (χ4v) is 3.56. The lowest BCUT2D eigenvalue weighted by molar-refractivity contribution is -0.124. The van der Waals surface area contributed by atoms with Gasteiger partial charge >= 0.3 is 0 Å². The Balaban J connectivity index is 1.53. The Bertz CT molecular complexity index is 729. The Morgan fingerprint density at radius 1 is 1.30 bits per heavy atom. The second-order valence-corrected chi connectivity index (χ2v) is 7.29. The second kappa shape index (κ2) is 9.67. The monoisotopic (exact) mass is 370 g/mol. The summed E-state index contributed by atoms with van der Waals surface area (Å²) in [5.74, 6) is 0.447. The SMILES string of the molecule is COCC(=O)NCc1cc2n(n1)CCCN(CC[C@H](C)c1ccccc1)C2. The molecule has 1 atom stereocenters. The van der Waals surface area contributed by atoms with Crippen molar-refractivity contribution >= 4 is 5.91 Å². The summed E-state index contributed by atoms with van der Waals surface area (Å²) in [6.45, 7) is 6.88. The number of aryl methyl sites for hydroxylation is 1. The van der Waals surface area contributed by atoms with Gasteiger partial charge < -0.3 is 10.1 Å². The topological polar surface area (TPSA) is 59.4 Å². The molecule has 0 saturated heterocycles. The van der Waals surface area contributed by atoms with E-state index in [9.17, 15) is 4.79 Å². The summed E-state index contributed by atoms with van der Waals surface area (Å²) in [7, 11) is 1.52. The molecule has 0 radical (unpaired) electrons. The van der Waals surface area contributed by atoms with E-state index in [-0.39, 0.29) is 12.5 Å². The minimum absolute atomic E-state index is 0.0843. The molecule has 1 aliphatic rings. The average molecular weight is 370 g/mol. The van der Waals surface area contributed by atoms with Crippen molar-refractivity contribution in [2.45, 2.75) is 45.3 Å². The molecule has 6 nitrogen and oxygen atoms in total. The fourth-order valence-electron chi connectivity index (χ4n) is 3.56. The van der Waals surface area contributed by atoms with Gasteiger partial charge in [-0.05, 0) is 36.9 Å². The van der Waals surface area contributed by atoms with Crippen molar-refractivity contribution in [1.29, 1.82) is 0 Å². The largest absolute Gasteiger partial charge is 0.375 e. The Kier molecular flexibility index (Phi) is 7.01. The zero-order chi connectivity index (χ0) is 19.1. The quantitative estimate of drug-likeness (QED) is 0.776. The Hall–Kier alpha value is -2.18. The van der Waals surface area contributed by atoms with Crippen molar-refractivity contribution in [3.8, 4) is 0 Å². The van der Waals surface area contributed by atoms with Crippen LogP contribution in [0, 0.1) is 0 Å². The van der Waals surface area contributed by atoms with Crippen LogP contribution in [-0.4, -0.2) is 47.4 Å². The number of methoxy groups -OCH3 is 1. The van der Waals surface area contributed by atoms with Crippen molar-refractivity contribution in [2.75, 3.05) is 26.8 Å². The van der Waals surface area contributed by atoms with Crippen LogP contribution in [0.2, 0.25) is 0 Å². The number of carbonyl (C=O) groups excluding carboxylic acids is 1. The van der Waals surface area contributed by atoms with Crippen LogP contribution in [0.1, 0.15) is 42.6 Å². The zero-order valence-corrected chi connectivity index (χ0v) is 16.4. The predicted octanol–water partition coefficient (Wildman–Crippen LogP) is 2.55. The summed E-state index contributed by atoms with van der Waals surface area (Å²) in [5, 5.41) is 7.50. The lowest BCUT2D eigenvalue weighted by Crippen LogP contribution is -2.27. The van der Waals surface area contributed by atoms with Gasteiger partial charge in [0.2, 0.25) is 5.91 Å². The summed E-state index contributed by atoms with van der Waals surface area (Å²) >= 11 is 0. The molecule has 1 aliphatic heterocycles. The minimum Gasteiger partial charge on any atom is -0.375 e. The molecule has 0 unspecified atom stereocenters. The third-order valence-electron chi connectivity index (χ3n) is 5.13. The van der Waals surface area contributed by atoms with Crippen LogP contribution >= 0.6 is 0 Å². The molecule has 3 rings (SSSR count). The maximum Gasteiger partial charge on any atom is 0.246 e. The van der Waals surface area contributed by atoms with Crippen molar-refractivity contribution < 1.29 is 9.53 Å². The van der Waals surface area contributed by atoms with Gasteiger partial charge in [0, 0.05) is 26.7 Å². The molecule has 1 aromatic heterocycles. The number of carbonyl (C=O) groups is 1. The number of amides is 1. The molecule has 27 heavy (non-hydrogen) atoms. The number of rotatable bonds is 8. The predicted molar refractivity (Wildman–Crippen MR) is 105 cm³/mol. The molecule has 0 aliphatic carbocycles. The Labute approximate surface area is 161 Å². The third kappa shape index (κ3) is 5.65. The maximum atomic E-state index is 11.6. The molecule has 0 bridgehead atoms. The number of hydrogen-bond donors (Lipinski definition) is 1. The van der Waals surface area contributed by atoms with E-state index in [0.29, 0.717) is 12.5 Å². The molecule has 2 aromatic rings. The highest BCUT2D eigenvalue weighted by Gasteiger charge is 2.17. The van der Waals surface area contributed by atoms with Crippen LogP contribution < -0.4 is 5.32 Å². The van der Waals surface area contributed by atoms with E-state index in [1.165, 1.54) is 18.4 Å². The van der Waals surface area contributed by atoms with Crippen LogP contribution in [0.5, 0.6) is 0 Å². The van der Waals surface area contributed by atoms with Gasteiger partial charge in [-0.2, -0.15) is 5.10 Å². The fraction of sp³-hybridized carbons (Fsp3) is 0.524. The standard InChI is InChI=1S/C21H30N4O2/c1-17(18-7-4-3-5-8-18)9-12-24-10-6-11-25-20(15-24)13-19(23-25)14-22-21(26)16-27-2/h3-5,7-8,13,17H,6,9-12,14-16H2,1-2H3,(H,22,26)/t17-/m0/s1. The number of fused-ring (bicyclic) bond motifs is 1. The molecule has 6 heteroatoms. The van der Waals surface area contributed by atoms with Gasteiger partial charge in [0.1, 0.15) is 6.61 Å². The number of benzene rings is 1. The number of aromatic nitrogens is 2. The molecule has 0 spiro atoms. The first kappa shape index (κ1) is 19.6. The summed E-state index contributed by atoms with van der Waals surface area (Å²) < 4.78 is 6.93. The number of hydrogen-bond acceptors (Lipinski definition) is 4. The van der Waals surface area contributed by atoms with E-state index >= 15 is 0 Å². The summed E-state index contributed by atoms with van der Waals surface area (Å²) in [5.41, 5.74) is 3.55. The van der Waals surface area contributed by atoms with Gasteiger partial charge in [0.05, 0.1) is 17.9 Å². The van der Waals surface area contributed by atoms with Gasteiger partial charge in [0.25, 0.3) is 0 Å². The van der Waals surface area contributed by atoms with E-state index in [1.807, 2.05) is 0 Å². The molecule has 1 amide bonds. The molecule has 146 valence electrons. The lowest BCUT2D eigenvalue weighted by atomic mass is 9.98. The maximum absolute atomic E-state index is 11.6. The van der Waals surface area contributed by atoms with Gasteiger partial charge in [-0.3, -0.25) is 14.4 Å². The van der Waals surface area contributed by atoms with E-state index in [1.54, 1.807) is 0 Å². The zero-order valence-electron chi connectivity index (χ0n) is 16.4. The molecule has 1 N–H and O–H groups in total. The smallest absolute Gasteiger partial charge is 0.246 e. The average Bonchev–Trinajstić information content (AvgIpc) is 2.96. The normalized spacial score (nSPS) is 15.8. The van der Waals surface area contributed by atoms with Gasteiger partial charge in [-0.1, -0.05) is 37.3 Å². The Morgan fingerprint density at radius 3 is 2.89 bits per heavy atom. The van der Waals surface area contributed by atoms with Crippen molar-refractivity contribution in [2.24, 2.45) is 0 Å². The van der Waals surface area contributed by atoms with E-state index in [2.05, 4.69) is 63.3 Å². The Morgan fingerprint density at radius 2 is 2.11 bits per heavy atom. The van der Waals surface area contributed by atoms with E-state index in [0.717, 1.165) is 44.7 Å². The molecular weight excluding hydrogens is 340 g/mol. The highest BCUT2D eigenvalue weighted by atomic mass is 16.5. The third-order valence-corrected chi connectivity index (χ3v) is 5.13. The van der Waals surface area contributed by atoms with Gasteiger partial charge in [0.15, 0.2) is 0 Å². The first-order valence-corrected chi connectivity index (χ1v) is 9.74. The molecule has 0 saturated carbocycles. The van der Waals surface area contributed by atoms with Gasteiger partial charge in [-0.15, -0.1) is 0 Å². The van der Waals surface area contributed by atoms with Crippen LogP contribution in [0.4, 0.5) is 0 Å². The number of nitrogens with zero attached hydrogens (tertiary/aromatic N) is 3. The van der Waals surface area contributed by atoms with Crippen molar-refractivity contribution in [1.82, 2.24) is 20.0 Å². The van der Waals surface area contributed by atoms with Crippen LogP contribution in [-0.2, 0) is 29.2 Å². The first-order chi connectivity index (χ1) is 13.2. The number of nitrogens with one attached hydrogen (secondary N) is 1. The van der Waals surface area contributed by atoms with Crippen LogP contribution in [0.3, 0.4) is 0 Å². The van der Waals surface area contributed by atoms with Crippen molar-refractivity contribution in [3.63, 3.8) is 0 Å². The van der Waals surface area contributed by atoms with Gasteiger partial charge in [-0.25, -0.2) is 0 Å². The summed E-state index contributed by atoms with van der Waals surface area (Å²) in [4.78, 5) is 14.1. The molecule has 0 fully saturated rings. The molecular formula is C21H30N4O2. The van der Waals surface area contributed by atoms with Crippen LogP contribution in [0.15, 0.2) is 36.4 Å². The first-order valence-electron chi connectivity index (χ1n) is 9.74. The minimum atomic E-state index is -0.114. The summed E-state index contributed by atoms with van der Waals surface area (Å²) in [6, 6.07) is 12.8. The molecule has 1 aromatic carbocycles. The summed E-state index contributed by atoms with van der Waals surface area (Å²) in [6.07, 6.45) is 2.25. The number of ether oxygens (including phenoxy) is 1. The lowest BCUT2D eigenvalue weighted by Gasteiger charge is -2.22. The van der Waals surface area contributed by atoms with Crippen molar-refractivity contribution in [3.05, 3.63) is 53.3 Å². The van der Waals surface area contributed by atoms with E-state index < -0.39 is 0 Å². The second-order valence-electron chi connectivity index (χ2n) is 7.29. The van der Waals surface area contributed by atoms with E-state index in [4.69, 9.17) is 4.74 Å². The highest BCUT2D eigenvalue weighted by molar-refractivity contribution is 5.77. The molecule has 2 heterocycles.